The van der Waals surface area contributed by atoms with Gasteiger partial charge in [0.1, 0.15) is 17.2 Å². The molecule has 0 aliphatic carbocycles. The Bertz CT molecular complexity index is 771. The van der Waals surface area contributed by atoms with Gasteiger partial charge in [-0.3, -0.25) is 9.59 Å². The number of rotatable bonds is 7. The number of ether oxygens (including phenoxy) is 1. The first-order valence-electron chi connectivity index (χ1n) is 7.52. The van der Waals surface area contributed by atoms with Crippen LogP contribution in [0.25, 0.3) is 0 Å². The largest absolute Gasteiger partial charge is 0.385 e. The second-order valence-electron chi connectivity index (χ2n) is 5.09. The molecule has 0 aliphatic rings. The molecule has 6 nitrogen and oxygen atoms in total. The minimum Gasteiger partial charge on any atom is -0.385 e. The third-order valence-corrected chi connectivity index (χ3v) is 3.49. The molecule has 0 atom stereocenters. The average Bonchev–Trinajstić information content (AvgIpc) is 2.62. The van der Waals surface area contributed by atoms with Gasteiger partial charge in [0, 0.05) is 25.9 Å². The van der Waals surface area contributed by atoms with E-state index in [1.54, 1.807) is 13.2 Å². The molecule has 1 aromatic heterocycles. The molecular formula is C17H17ClFN3O3. The van der Waals surface area contributed by atoms with Crippen LogP contribution in [-0.2, 0) is 4.74 Å². The summed E-state index contributed by atoms with van der Waals surface area (Å²) in [6.07, 6.45) is 0.674. The number of carbonyl (C=O) groups is 2. The average molecular weight is 366 g/mol. The minimum atomic E-state index is -0.579. The first-order valence-corrected chi connectivity index (χ1v) is 7.89. The summed E-state index contributed by atoms with van der Waals surface area (Å²) in [5, 5.41) is 5.14. The molecule has 2 amide bonds. The number of nitrogens with one attached hydrogen (secondary N) is 2. The number of methoxy groups -OCH3 is 1. The first-order chi connectivity index (χ1) is 12.0. The summed E-state index contributed by atoms with van der Waals surface area (Å²) in [5.41, 5.74) is 0.514. The summed E-state index contributed by atoms with van der Waals surface area (Å²) in [6, 6.07) is 8.37. The van der Waals surface area contributed by atoms with Crippen molar-refractivity contribution in [3.05, 3.63) is 58.6 Å². The Morgan fingerprint density at radius 3 is 2.60 bits per heavy atom. The fraction of sp³-hybridized carbons (Fsp3) is 0.235. The van der Waals surface area contributed by atoms with Crippen LogP contribution in [0.1, 0.15) is 27.4 Å². The van der Waals surface area contributed by atoms with Crippen LogP contribution in [-0.4, -0.2) is 37.1 Å². The van der Waals surface area contributed by atoms with Crippen LogP contribution >= 0.6 is 11.6 Å². The lowest BCUT2D eigenvalue weighted by molar-refractivity contribution is 0.0943. The van der Waals surface area contributed by atoms with E-state index in [0.717, 1.165) is 6.07 Å². The number of carbonyl (C=O) groups excluding carboxylic acids is 2. The highest BCUT2D eigenvalue weighted by molar-refractivity contribution is 6.31. The molecule has 0 saturated carbocycles. The number of benzene rings is 1. The zero-order chi connectivity index (χ0) is 18.2. The molecule has 1 aromatic carbocycles. The summed E-state index contributed by atoms with van der Waals surface area (Å²) in [6.45, 7) is 0.981. The van der Waals surface area contributed by atoms with Gasteiger partial charge in [-0.05, 0) is 36.8 Å². The van der Waals surface area contributed by atoms with Crippen LogP contribution in [0.5, 0.6) is 0 Å². The topological polar surface area (TPSA) is 80.3 Å². The van der Waals surface area contributed by atoms with Gasteiger partial charge in [-0.15, -0.1) is 0 Å². The fourth-order valence-electron chi connectivity index (χ4n) is 1.97. The molecule has 0 unspecified atom stereocenters. The maximum Gasteiger partial charge on any atom is 0.274 e. The summed E-state index contributed by atoms with van der Waals surface area (Å²) in [7, 11) is 1.58. The van der Waals surface area contributed by atoms with Gasteiger partial charge >= 0.3 is 0 Å². The molecule has 25 heavy (non-hydrogen) atoms. The Labute approximate surface area is 149 Å². The van der Waals surface area contributed by atoms with E-state index in [4.69, 9.17) is 16.3 Å². The van der Waals surface area contributed by atoms with E-state index in [1.165, 1.54) is 24.3 Å². The summed E-state index contributed by atoms with van der Waals surface area (Å²) in [5.74, 6) is -1.49. The smallest absolute Gasteiger partial charge is 0.274 e. The maximum absolute atomic E-state index is 13.1. The van der Waals surface area contributed by atoms with Crippen molar-refractivity contribution in [3.8, 4) is 0 Å². The zero-order valence-electron chi connectivity index (χ0n) is 13.5. The zero-order valence-corrected chi connectivity index (χ0v) is 14.3. The number of pyridine rings is 1. The molecule has 0 saturated heterocycles. The van der Waals surface area contributed by atoms with E-state index in [0.29, 0.717) is 25.3 Å². The summed E-state index contributed by atoms with van der Waals surface area (Å²) < 4.78 is 18.0. The molecule has 0 aliphatic heterocycles. The number of amides is 2. The van der Waals surface area contributed by atoms with E-state index in [9.17, 15) is 14.0 Å². The fourth-order valence-corrected chi connectivity index (χ4v) is 2.15. The van der Waals surface area contributed by atoms with Crippen molar-refractivity contribution < 1.29 is 18.7 Å². The number of halogens is 2. The number of aromatic nitrogens is 1. The molecule has 132 valence electrons. The molecule has 1 heterocycles. The molecule has 0 radical (unpaired) electrons. The second kappa shape index (κ2) is 9.10. The van der Waals surface area contributed by atoms with Gasteiger partial charge in [-0.1, -0.05) is 17.7 Å². The van der Waals surface area contributed by atoms with E-state index in [2.05, 4.69) is 15.6 Å². The van der Waals surface area contributed by atoms with Crippen LogP contribution in [0.2, 0.25) is 5.02 Å². The van der Waals surface area contributed by atoms with Crippen LogP contribution < -0.4 is 10.6 Å². The number of anilines is 1. The molecule has 2 rings (SSSR count). The Kier molecular flexibility index (Phi) is 6.85. The molecule has 8 heteroatoms. The Balaban J connectivity index is 2.03. The van der Waals surface area contributed by atoms with Gasteiger partial charge in [0.2, 0.25) is 0 Å². The van der Waals surface area contributed by atoms with Crippen LogP contribution in [0.3, 0.4) is 0 Å². The lowest BCUT2D eigenvalue weighted by Gasteiger charge is -2.08. The third kappa shape index (κ3) is 5.51. The molecular weight excluding hydrogens is 349 g/mol. The summed E-state index contributed by atoms with van der Waals surface area (Å²) in [4.78, 5) is 28.3. The SMILES string of the molecule is COCCCNC(=O)c1cccc(C(=O)Nc2ccc(F)c(Cl)c2)n1. The predicted octanol–water partition coefficient (Wildman–Crippen LogP) is 2.89. The van der Waals surface area contributed by atoms with Crippen LogP contribution in [0.15, 0.2) is 36.4 Å². The van der Waals surface area contributed by atoms with Crippen molar-refractivity contribution in [2.45, 2.75) is 6.42 Å². The van der Waals surface area contributed by atoms with Crippen LogP contribution in [0.4, 0.5) is 10.1 Å². The van der Waals surface area contributed by atoms with Crippen LogP contribution in [0, 0.1) is 5.82 Å². The Hall–Kier alpha value is -2.51. The molecule has 2 aromatic rings. The standard InChI is InChI=1S/C17H17ClFN3O3/c1-25-9-3-8-20-16(23)14-4-2-5-15(22-14)17(24)21-11-6-7-13(19)12(18)10-11/h2,4-7,10H,3,8-9H2,1H3,(H,20,23)(H,21,24). The predicted molar refractivity (Wildman–Crippen MR) is 92.4 cm³/mol. The Morgan fingerprint density at radius 1 is 1.20 bits per heavy atom. The van der Waals surface area contributed by atoms with E-state index in [1.807, 2.05) is 0 Å². The number of nitrogens with zero attached hydrogens (tertiary/aromatic N) is 1. The summed E-state index contributed by atoms with van der Waals surface area (Å²) >= 11 is 5.68. The first kappa shape index (κ1) is 18.8. The highest BCUT2D eigenvalue weighted by Crippen LogP contribution is 2.19. The highest BCUT2D eigenvalue weighted by atomic mass is 35.5. The normalized spacial score (nSPS) is 10.4. The van der Waals surface area contributed by atoms with Gasteiger partial charge < -0.3 is 15.4 Å². The lowest BCUT2D eigenvalue weighted by atomic mass is 10.2. The van der Waals surface area contributed by atoms with Gasteiger partial charge in [0.15, 0.2) is 0 Å². The monoisotopic (exact) mass is 365 g/mol. The van der Waals surface area contributed by atoms with Crippen molar-refractivity contribution >= 4 is 29.1 Å². The van der Waals surface area contributed by atoms with Gasteiger partial charge in [0.25, 0.3) is 11.8 Å². The second-order valence-corrected chi connectivity index (χ2v) is 5.50. The number of hydrogen-bond acceptors (Lipinski definition) is 4. The number of hydrogen-bond donors (Lipinski definition) is 2. The lowest BCUT2D eigenvalue weighted by Crippen LogP contribution is -2.27. The van der Waals surface area contributed by atoms with Crippen molar-refractivity contribution in [2.75, 3.05) is 25.6 Å². The van der Waals surface area contributed by atoms with Gasteiger partial charge in [-0.25, -0.2) is 9.37 Å². The van der Waals surface area contributed by atoms with Crippen molar-refractivity contribution in [3.63, 3.8) is 0 Å². The van der Waals surface area contributed by atoms with Gasteiger partial charge in [0.05, 0.1) is 5.02 Å². The molecule has 2 N–H and O–H groups in total. The highest BCUT2D eigenvalue weighted by Gasteiger charge is 2.13. The van der Waals surface area contributed by atoms with E-state index >= 15 is 0 Å². The van der Waals surface area contributed by atoms with Crippen molar-refractivity contribution in [2.24, 2.45) is 0 Å². The third-order valence-electron chi connectivity index (χ3n) is 3.20. The molecule has 0 bridgehead atoms. The quantitative estimate of drug-likeness (QED) is 0.739. The minimum absolute atomic E-state index is 0.0602. The Morgan fingerprint density at radius 2 is 1.92 bits per heavy atom. The van der Waals surface area contributed by atoms with Crippen molar-refractivity contribution in [1.29, 1.82) is 0 Å². The van der Waals surface area contributed by atoms with Crippen molar-refractivity contribution in [1.82, 2.24) is 10.3 Å². The molecule has 0 spiro atoms. The molecule has 0 fully saturated rings. The van der Waals surface area contributed by atoms with E-state index in [-0.39, 0.29) is 22.3 Å². The van der Waals surface area contributed by atoms with Gasteiger partial charge in [-0.2, -0.15) is 0 Å². The van der Waals surface area contributed by atoms with E-state index < -0.39 is 11.7 Å². The maximum atomic E-state index is 13.1.